The van der Waals surface area contributed by atoms with Gasteiger partial charge < -0.3 is 5.32 Å². The lowest BCUT2D eigenvalue weighted by Crippen LogP contribution is -2.17. The third-order valence-corrected chi connectivity index (χ3v) is 3.94. The lowest BCUT2D eigenvalue weighted by atomic mass is 10.2. The molecule has 1 aromatic carbocycles. The second-order valence-electron chi connectivity index (χ2n) is 3.87. The molecule has 1 heterocycles. The minimum absolute atomic E-state index is 0.198. The molecule has 1 aromatic heterocycles. The molecular weight excluding hydrogens is 257 g/mol. The first-order valence-electron chi connectivity index (χ1n) is 5.38. The Morgan fingerprint density at radius 3 is 2.82 bits per heavy atom. The predicted molar refractivity (Wildman–Crippen MR) is 71.0 cm³/mol. The second kappa shape index (κ2) is 5.63. The maximum absolute atomic E-state index is 13.0. The van der Waals surface area contributed by atoms with Gasteiger partial charge in [0.2, 0.25) is 0 Å². The van der Waals surface area contributed by atoms with E-state index < -0.39 is 0 Å². The first-order valence-corrected chi connectivity index (χ1v) is 6.57. The SMILES string of the molecule is CC(NCc1cccc(F)c1)c1ccc(Cl)s1. The van der Waals surface area contributed by atoms with E-state index in [4.69, 9.17) is 11.6 Å². The van der Waals surface area contributed by atoms with E-state index in [0.717, 1.165) is 9.90 Å². The molecule has 2 aromatic rings. The highest BCUT2D eigenvalue weighted by Gasteiger charge is 2.07. The second-order valence-corrected chi connectivity index (χ2v) is 5.62. The number of hydrogen-bond acceptors (Lipinski definition) is 2. The normalized spacial score (nSPS) is 12.6. The van der Waals surface area contributed by atoms with E-state index in [1.54, 1.807) is 23.5 Å². The van der Waals surface area contributed by atoms with Gasteiger partial charge in [0, 0.05) is 17.5 Å². The Morgan fingerprint density at radius 1 is 1.35 bits per heavy atom. The molecule has 1 N–H and O–H groups in total. The Kier molecular flexibility index (Phi) is 4.15. The molecule has 0 spiro atoms. The summed E-state index contributed by atoms with van der Waals surface area (Å²) in [4.78, 5) is 1.19. The van der Waals surface area contributed by atoms with Gasteiger partial charge in [0.15, 0.2) is 0 Å². The first kappa shape index (κ1) is 12.6. The van der Waals surface area contributed by atoms with Gasteiger partial charge in [-0.1, -0.05) is 23.7 Å². The van der Waals surface area contributed by atoms with Crippen LogP contribution in [0.4, 0.5) is 4.39 Å². The van der Waals surface area contributed by atoms with Crippen LogP contribution < -0.4 is 5.32 Å². The van der Waals surface area contributed by atoms with Crippen molar-refractivity contribution in [1.29, 1.82) is 0 Å². The van der Waals surface area contributed by atoms with Crippen LogP contribution in [0.3, 0.4) is 0 Å². The Balaban J connectivity index is 1.94. The van der Waals surface area contributed by atoms with Crippen LogP contribution in [-0.2, 0) is 6.54 Å². The summed E-state index contributed by atoms with van der Waals surface area (Å²) in [6.45, 7) is 2.72. The summed E-state index contributed by atoms with van der Waals surface area (Å²) in [5, 5.41) is 3.34. The van der Waals surface area contributed by atoms with Crippen molar-refractivity contribution in [3.05, 3.63) is 57.0 Å². The van der Waals surface area contributed by atoms with E-state index >= 15 is 0 Å². The highest BCUT2D eigenvalue weighted by Crippen LogP contribution is 2.26. The van der Waals surface area contributed by atoms with E-state index in [0.29, 0.717) is 6.54 Å². The standard InChI is InChI=1S/C13H13ClFNS/c1-9(12-5-6-13(14)17-12)16-8-10-3-2-4-11(15)7-10/h2-7,9,16H,8H2,1H3. The molecule has 0 radical (unpaired) electrons. The van der Waals surface area contributed by atoms with Crippen LogP contribution in [0.25, 0.3) is 0 Å². The van der Waals surface area contributed by atoms with E-state index in [9.17, 15) is 4.39 Å². The fourth-order valence-corrected chi connectivity index (χ4v) is 2.67. The van der Waals surface area contributed by atoms with Gasteiger partial charge in [0.1, 0.15) is 5.82 Å². The monoisotopic (exact) mass is 269 g/mol. The summed E-state index contributed by atoms with van der Waals surface area (Å²) in [6.07, 6.45) is 0. The quantitative estimate of drug-likeness (QED) is 0.868. The van der Waals surface area contributed by atoms with Gasteiger partial charge in [-0.05, 0) is 36.8 Å². The van der Waals surface area contributed by atoms with Crippen LogP contribution in [-0.4, -0.2) is 0 Å². The lowest BCUT2D eigenvalue weighted by molar-refractivity contribution is 0.576. The Labute approximate surface area is 109 Å². The molecule has 1 unspecified atom stereocenters. The molecule has 0 bridgehead atoms. The van der Waals surface area contributed by atoms with Gasteiger partial charge in [0.25, 0.3) is 0 Å². The summed E-state index contributed by atoms with van der Waals surface area (Å²) in [6, 6.07) is 10.7. The first-order chi connectivity index (χ1) is 8.15. The van der Waals surface area contributed by atoms with Crippen molar-refractivity contribution in [2.45, 2.75) is 19.5 Å². The van der Waals surface area contributed by atoms with Crippen LogP contribution in [0, 0.1) is 5.82 Å². The van der Waals surface area contributed by atoms with Gasteiger partial charge in [-0.25, -0.2) is 4.39 Å². The molecule has 0 saturated carbocycles. The summed E-state index contributed by atoms with van der Waals surface area (Å²) >= 11 is 7.45. The molecule has 1 nitrogen and oxygen atoms in total. The third kappa shape index (κ3) is 3.53. The summed E-state index contributed by atoms with van der Waals surface area (Å²) in [7, 11) is 0. The van der Waals surface area contributed by atoms with Crippen LogP contribution in [0.1, 0.15) is 23.4 Å². The average Bonchev–Trinajstić information content (AvgIpc) is 2.73. The Morgan fingerprint density at radius 2 is 2.18 bits per heavy atom. The molecule has 2 rings (SSSR count). The minimum Gasteiger partial charge on any atom is -0.305 e. The van der Waals surface area contributed by atoms with Gasteiger partial charge >= 0.3 is 0 Å². The maximum Gasteiger partial charge on any atom is 0.123 e. The van der Waals surface area contributed by atoms with Crippen molar-refractivity contribution in [3.63, 3.8) is 0 Å². The fraction of sp³-hybridized carbons (Fsp3) is 0.231. The summed E-state index contributed by atoms with van der Waals surface area (Å²) < 4.78 is 13.8. The van der Waals surface area contributed by atoms with Crippen LogP contribution in [0.5, 0.6) is 0 Å². The Hall–Kier alpha value is -0.900. The number of benzene rings is 1. The number of halogens is 2. The topological polar surface area (TPSA) is 12.0 Å². The summed E-state index contributed by atoms with van der Waals surface area (Å²) in [5.41, 5.74) is 0.944. The zero-order valence-corrected chi connectivity index (χ0v) is 11.0. The molecule has 0 fully saturated rings. The van der Waals surface area contributed by atoms with Gasteiger partial charge in [-0.2, -0.15) is 0 Å². The minimum atomic E-state index is -0.198. The fourth-order valence-electron chi connectivity index (χ4n) is 1.58. The van der Waals surface area contributed by atoms with Crippen LogP contribution in [0.2, 0.25) is 4.34 Å². The van der Waals surface area contributed by atoms with Crippen molar-refractivity contribution in [2.75, 3.05) is 0 Å². The van der Waals surface area contributed by atoms with Crippen molar-refractivity contribution in [3.8, 4) is 0 Å². The molecule has 90 valence electrons. The number of rotatable bonds is 4. The van der Waals surface area contributed by atoms with E-state index in [2.05, 4.69) is 12.2 Å². The number of nitrogens with one attached hydrogen (secondary N) is 1. The molecule has 0 aliphatic carbocycles. The number of thiophene rings is 1. The van der Waals surface area contributed by atoms with Gasteiger partial charge in [-0.15, -0.1) is 11.3 Å². The molecular formula is C13H13ClFNS. The highest BCUT2D eigenvalue weighted by molar-refractivity contribution is 7.16. The van der Waals surface area contributed by atoms with Crippen molar-refractivity contribution in [2.24, 2.45) is 0 Å². The smallest absolute Gasteiger partial charge is 0.123 e. The van der Waals surface area contributed by atoms with E-state index in [1.807, 2.05) is 18.2 Å². The lowest BCUT2D eigenvalue weighted by Gasteiger charge is -2.11. The average molecular weight is 270 g/mol. The number of hydrogen-bond donors (Lipinski definition) is 1. The molecule has 1 atom stereocenters. The van der Waals surface area contributed by atoms with Crippen molar-refractivity contribution >= 4 is 22.9 Å². The van der Waals surface area contributed by atoms with Crippen LogP contribution in [0.15, 0.2) is 36.4 Å². The molecule has 4 heteroatoms. The molecule has 0 saturated heterocycles. The molecule has 0 aliphatic rings. The van der Waals surface area contributed by atoms with Gasteiger partial charge in [-0.3, -0.25) is 0 Å². The molecule has 0 aliphatic heterocycles. The van der Waals surface area contributed by atoms with Crippen molar-refractivity contribution in [1.82, 2.24) is 5.32 Å². The Bertz CT molecular complexity index is 498. The van der Waals surface area contributed by atoms with Crippen LogP contribution >= 0.6 is 22.9 Å². The van der Waals surface area contributed by atoms with E-state index in [-0.39, 0.29) is 11.9 Å². The van der Waals surface area contributed by atoms with Crippen molar-refractivity contribution < 1.29 is 4.39 Å². The van der Waals surface area contributed by atoms with Gasteiger partial charge in [0.05, 0.1) is 4.34 Å². The zero-order chi connectivity index (χ0) is 12.3. The predicted octanol–water partition coefficient (Wildman–Crippen LogP) is 4.39. The molecule has 0 amide bonds. The van der Waals surface area contributed by atoms with E-state index in [1.165, 1.54) is 10.9 Å². The third-order valence-electron chi connectivity index (χ3n) is 2.52. The largest absolute Gasteiger partial charge is 0.305 e. The molecule has 17 heavy (non-hydrogen) atoms. The highest BCUT2D eigenvalue weighted by atomic mass is 35.5. The summed E-state index contributed by atoms with van der Waals surface area (Å²) in [5.74, 6) is -0.198. The zero-order valence-electron chi connectivity index (χ0n) is 9.41. The maximum atomic E-state index is 13.0.